The first-order chi connectivity index (χ1) is 13.2. The number of nitrogens with two attached hydrogens (primary N) is 1. The smallest absolute Gasteiger partial charge is 0.338 e. The van der Waals surface area contributed by atoms with Crippen LogP contribution < -0.4 is 5.32 Å². The van der Waals surface area contributed by atoms with E-state index in [1.54, 1.807) is 5.56 Å². The number of benzene rings is 2. The van der Waals surface area contributed by atoms with Gasteiger partial charge in [0.15, 0.2) is 0 Å². The standard InChI is InChI=1S/C23H24N2O2/c1-27-22(26)18-5-4-8-21-17(18)10-12-25(21)14-16-9-11-23(13-16)15-24-20-7-3-2-6-19(20)23/h2-8,10,12,16,24H,9,11,13-15H2,1H3/p+1. The van der Waals surface area contributed by atoms with Crippen LogP contribution in [0.25, 0.3) is 10.9 Å². The lowest BCUT2D eigenvalue weighted by atomic mass is 9.80. The molecule has 1 spiro atoms. The molecule has 5 rings (SSSR count). The van der Waals surface area contributed by atoms with Crippen molar-refractivity contribution in [2.75, 3.05) is 13.7 Å². The van der Waals surface area contributed by atoms with Crippen molar-refractivity contribution in [2.24, 2.45) is 5.92 Å². The van der Waals surface area contributed by atoms with Crippen molar-refractivity contribution in [1.29, 1.82) is 0 Å². The van der Waals surface area contributed by atoms with Crippen molar-refractivity contribution in [3.63, 3.8) is 0 Å². The van der Waals surface area contributed by atoms with Gasteiger partial charge in [-0.05, 0) is 49.4 Å². The zero-order valence-corrected chi connectivity index (χ0v) is 15.7. The molecule has 1 saturated carbocycles. The number of carbonyl (C=O) groups excluding carboxylic acids is 1. The number of quaternary nitrogens is 1. The molecule has 0 bridgehead atoms. The number of para-hydroxylation sites is 1. The summed E-state index contributed by atoms with van der Waals surface area (Å²) in [6, 6.07) is 16.8. The van der Waals surface area contributed by atoms with Crippen LogP contribution in [-0.2, 0) is 16.7 Å². The summed E-state index contributed by atoms with van der Waals surface area (Å²) < 4.78 is 7.25. The molecule has 1 aliphatic heterocycles. The van der Waals surface area contributed by atoms with Crippen LogP contribution in [0, 0.1) is 5.92 Å². The minimum Gasteiger partial charge on any atom is -0.465 e. The largest absolute Gasteiger partial charge is 0.465 e. The zero-order valence-electron chi connectivity index (χ0n) is 15.7. The number of fused-ring (bicyclic) bond motifs is 3. The summed E-state index contributed by atoms with van der Waals surface area (Å²) in [5.41, 5.74) is 5.11. The Morgan fingerprint density at radius 3 is 3.00 bits per heavy atom. The summed E-state index contributed by atoms with van der Waals surface area (Å²) in [7, 11) is 1.44. The summed E-state index contributed by atoms with van der Waals surface area (Å²) in [5.74, 6) is 0.401. The molecule has 4 heteroatoms. The van der Waals surface area contributed by atoms with Gasteiger partial charge in [0.25, 0.3) is 0 Å². The van der Waals surface area contributed by atoms with Gasteiger partial charge in [-0.2, -0.15) is 0 Å². The molecular weight excluding hydrogens is 336 g/mol. The van der Waals surface area contributed by atoms with Crippen LogP contribution in [0.4, 0.5) is 5.69 Å². The average molecular weight is 361 g/mol. The van der Waals surface area contributed by atoms with Gasteiger partial charge in [-0.15, -0.1) is 0 Å². The predicted molar refractivity (Wildman–Crippen MR) is 105 cm³/mol. The fraction of sp³-hybridized carbons (Fsp3) is 0.348. The first-order valence-electron chi connectivity index (χ1n) is 9.79. The van der Waals surface area contributed by atoms with Gasteiger partial charge < -0.3 is 14.6 Å². The minimum absolute atomic E-state index is 0.267. The third kappa shape index (κ3) is 2.59. The van der Waals surface area contributed by atoms with Crippen LogP contribution in [0.15, 0.2) is 54.7 Å². The molecule has 27 heavy (non-hydrogen) atoms. The van der Waals surface area contributed by atoms with E-state index in [1.807, 2.05) is 18.2 Å². The fourth-order valence-corrected chi connectivity index (χ4v) is 5.35. The highest BCUT2D eigenvalue weighted by atomic mass is 16.5. The number of esters is 1. The number of carbonyl (C=O) groups is 1. The quantitative estimate of drug-likeness (QED) is 0.574. The maximum Gasteiger partial charge on any atom is 0.338 e. The first kappa shape index (κ1) is 16.6. The molecule has 1 aromatic heterocycles. The second-order valence-corrected chi connectivity index (χ2v) is 8.08. The third-order valence-corrected chi connectivity index (χ3v) is 6.63. The van der Waals surface area contributed by atoms with E-state index in [1.165, 1.54) is 38.6 Å². The minimum atomic E-state index is -0.267. The van der Waals surface area contributed by atoms with E-state index in [4.69, 9.17) is 4.74 Å². The lowest BCUT2D eigenvalue weighted by Gasteiger charge is -2.21. The topological polar surface area (TPSA) is 47.8 Å². The van der Waals surface area contributed by atoms with Crippen molar-refractivity contribution >= 4 is 22.6 Å². The van der Waals surface area contributed by atoms with Crippen molar-refractivity contribution < 1.29 is 14.8 Å². The molecule has 3 aromatic rings. The maximum atomic E-state index is 12.0. The third-order valence-electron chi connectivity index (χ3n) is 6.63. The van der Waals surface area contributed by atoms with Gasteiger partial charge in [-0.3, -0.25) is 0 Å². The molecule has 4 nitrogen and oxygen atoms in total. The molecular formula is C23H25N2O2+. The van der Waals surface area contributed by atoms with Crippen LogP contribution in [-0.4, -0.2) is 24.2 Å². The van der Waals surface area contributed by atoms with Crippen molar-refractivity contribution in [1.82, 2.24) is 4.57 Å². The molecule has 2 unspecified atom stereocenters. The van der Waals surface area contributed by atoms with Crippen LogP contribution in [0.3, 0.4) is 0 Å². The Morgan fingerprint density at radius 1 is 1.22 bits per heavy atom. The fourth-order valence-electron chi connectivity index (χ4n) is 5.35. The number of hydrogen-bond donors (Lipinski definition) is 1. The molecule has 2 N–H and O–H groups in total. The molecule has 138 valence electrons. The molecule has 2 aromatic carbocycles. The second-order valence-electron chi connectivity index (χ2n) is 8.08. The van der Waals surface area contributed by atoms with Gasteiger partial charge in [0.05, 0.1) is 24.6 Å². The lowest BCUT2D eigenvalue weighted by molar-refractivity contribution is -0.568. The van der Waals surface area contributed by atoms with Crippen LogP contribution in [0.1, 0.15) is 35.2 Å². The van der Waals surface area contributed by atoms with E-state index in [0.717, 1.165) is 17.4 Å². The normalized spacial score (nSPS) is 23.8. The highest BCUT2D eigenvalue weighted by Crippen LogP contribution is 2.47. The van der Waals surface area contributed by atoms with E-state index in [0.29, 0.717) is 16.9 Å². The van der Waals surface area contributed by atoms with Gasteiger partial charge in [-0.1, -0.05) is 24.3 Å². The number of aromatic nitrogens is 1. The zero-order chi connectivity index (χ0) is 18.4. The van der Waals surface area contributed by atoms with E-state index in [9.17, 15) is 4.79 Å². The van der Waals surface area contributed by atoms with Gasteiger partial charge in [-0.25, -0.2) is 4.79 Å². The molecule has 0 amide bonds. The molecule has 0 saturated heterocycles. The summed E-state index contributed by atoms with van der Waals surface area (Å²) in [6.07, 6.45) is 5.91. The van der Waals surface area contributed by atoms with E-state index >= 15 is 0 Å². The highest BCUT2D eigenvalue weighted by Gasteiger charge is 2.47. The van der Waals surface area contributed by atoms with E-state index in [2.05, 4.69) is 46.4 Å². The number of methoxy groups -OCH3 is 1. The van der Waals surface area contributed by atoms with Crippen LogP contribution in [0.2, 0.25) is 0 Å². The Hall–Kier alpha value is -2.59. The van der Waals surface area contributed by atoms with Gasteiger partial charge >= 0.3 is 5.97 Å². The number of ether oxygens (including phenoxy) is 1. The van der Waals surface area contributed by atoms with E-state index in [-0.39, 0.29) is 5.97 Å². The number of nitrogens with zero attached hydrogens (tertiary/aromatic N) is 1. The van der Waals surface area contributed by atoms with E-state index < -0.39 is 0 Å². The highest BCUT2D eigenvalue weighted by molar-refractivity contribution is 6.03. The van der Waals surface area contributed by atoms with Crippen molar-refractivity contribution in [2.45, 2.75) is 31.2 Å². The Bertz CT molecular complexity index is 1020. The number of hydrogen-bond acceptors (Lipinski definition) is 2. The Kier molecular flexibility index (Phi) is 3.83. The molecule has 2 aliphatic rings. The molecule has 0 radical (unpaired) electrons. The predicted octanol–water partition coefficient (Wildman–Crippen LogP) is 3.37. The summed E-state index contributed by atoms with van der Waals surface area (Å²) in [5, 5.41) is 3.41. The Labute approximate surface area is 159 Å². The first-order valence-corrected chi connectivity index (χ1v) is 9.79. The molecule has 1 fully saturated rings. The lowest BCUT2D eigenvalue weighted by Crippen LogP contribution is -2.77. The molecule has 2 atom stereocenters. The maximum absolute atomic E-state index is 12.0. The number of rotatable bonds is 3. The SMILES string of the molecule is COC(=O)c1cccc2c1ccn2CC1CCC2(C[NH2+]c3ccccc32)C1. The monoisotopic (exact) mass is 361 g/mol. The molecule has 1 aliphatic carbocycles. The summed E-state index contributed by atoms with van der Waals surface area (Å²) in [6.45, 7) is 2.19. The van der Waals surface area contributed by atoms with Gasteiger partial charge in [0.2, 0.25) is 0 Å². The van der Waals surface area contributed by atoms with Crippen LogP contribution in [0.5, 0.6) is 0 Å². The average Bonchev–Trinajstić information content (AvgIpc) is 3.41. The van der Waals surface area contributed by atoms with Gasteiger partial charge in [0.1, 0.15) is 5.69 Å². The summed E-state index contributed by atoms with van der Waals surface area (Å²) >= 11 is 0. The summed E-state index contributed by atoms with van der Waals surface area (Å²) in [4.78, 5) is 12.0. The second kappa shape index (κ2) is 6.24. The molecule has 2 heterocycles. The van der Waals surface area contributed by atoms with Crippen LogP contribution >= 0.6 is 0 Å². The van der Waals surface area contributed by atoms with Gasteiger partial charge in [0, 0.05) is 29.2 Å². The Balaban J connectivity index is 1.41. The van der Waals surface area contributed by atoms with Crippen molar-refractivity contribution in [3.05, 3.63) is 65.9 Å². The van der Waals surface area contributed by atoms with Crippen molar-refractivity contribution in [3.8, 4) is 0 Å². The Morgan fingerprint density at radius 2 is 2.11 bits per heavy atom.